The van der Waals surface area contributed by atoms with Crippen molar-refractivity contribution in [3.8, 4) is 11.4 Å². The lowest BCUT2D eigenvalue weighted by molar-refractivity contribution is 0.102. The molecule has 0 unspecified atom stereocenters. The lowest BCUT2D eigenvalue weighted by atomic mass is 10.1. The number of benzene rings is 1. The van der Waals surface area contributed by atoms with E-state index in [-0.39, 0.29) is 5.91 Å². The van der Waals surface area contributed by atoms with Gasteiger partial charge < -0.3 is 9.84 Å². The molecule has 0 spiro atoms. The minimum atomic E-state index is -0.282. The Morgan fingerprint density at radius 1 is 1.35 bits per heavy atom. The third-order valence-corrected chi connectivity index (χ3v) is 2.68. The SMILES string of the molecule is Cn1nnnc1-c1cccc(C(=O)Nc2ccon2)c1. The summed E-state index contributed by atoms with van der Waals surface area (Å²) in [4.78, 5) is 12.1. The summed E-state index contributed by atoms with van der Waals surface area (Å²) in [6, 6.07) is 8.57. The molecule has 0 saturated heterocycles. The molecule has 100 valence electrons. The Bertz CT molecular complexity index is 734. The Labute approximate surface area is 113 Å². The minimum Gasteiger partial charge on any atom is -0.363 e. The molecule has 0 fully saturated rings. The number of nitrogens with zero attached hydrogens (tertiary/aromatic N) is 5. The molecule has 8 heteroatoms. The van der Waals surface area contributed by atoms with Crippen LogP contribution < -0.4 is 5.32 Å². The summed E-state index contributed by atoms with van der Waals surface area (Å²) in [5.74, 6) is 0.665. The van der Waals surface area contributed by atoms with Crippen molar-refractivity contribution in [2.75, 3.05) is 5.32 Å². The molecule has 1 N–H and O–H groups in total. The molecule has 0 aliphatic carbocycles. The summed E-state index contributed by atoms with van der Waals surface area (Å²) in [6.07, 6.45) is 1.39. The Morgan fingerprint density at radius 3 is 2.95 bits per heavy atom. The smallest absolute Gasteiger partial charge is 0.256 e. The number of carbonyl (C=O) groups is 1. The second-order valence-corrected chi connectivity index (χ2v) is 4.05. The number of tetrazole rings is 1. The van der Waals surface area contributed by atoms with Crippen LogP contribution in [-0.4, -0.2) is 31.3 Å². The number of hydrogen-bond donors (Lipinski definition) is 1. The molecule has 2 aromatic heterocycles. The van der Waals surface area contributed by atoms with Crippen molar-refractivity contribution in [2.45, 2.75) is 0 Å². The van der Waals surface area contributed by atoms with Gasteiger partial charge in [0.25, 0.3) is 5.91 Å². The van der Waals surface area contributed by atoms with E-state index in [1.54, 1.807) is 31.3 Å². The van der Waals surface area contributed by atoms with E-state index in [1.165, 1.54) is 10.9 Å². The number of nitrogens with one attached hydrogen (secondary N) is 1. The summed E-state index contributed by atoms with van der Waals surface area (Å²) >= 11 is 0. The lowest BCUT2D eigenvalue weighted by Gasteiger charge is -2.04. The largest absolute Gasteiger partial charge is 0.363 e. The van der Waals surface area contributed by atoms with Crippen LogP contribution in [0.2, 0.25) is 0 Å². The first kappa shape index (κ1) is 12.0. The number of hydrogen-bond acceptors (Lipinski definition) is 6. The van der Waals surface area contributed by atoms with Crippen molar-refractivity contribution in [1.82, 2.24) is 25.4 Å². The van der Waals surface area contributed by atoms with Crippen LogP contribution in [0.5, 0.6) is 0 Å². The van der Waals surface area contributed by atoms with E-state index in [4.69, 9.17) is 0 Å². The first-order valence-electron chi connectivity index (χ1n) is 5.78. The van der Waals surface area contributed by atoms with Gasteiger partial charge in [-0.3, -0.25) is 4.79 Å². The summed E-state index contributed by atoms with van der Waals surface area (Å²) in [6.45, 7) is 0. The zero-order chi connectivity index (χ0) is 13.9. The molecule has 0 aliphatic rings. The van der Waals surface area contributed by atoms with Crippen molar-refractivity contribution in [3.63, 3.8) is 0 Å². The van der Waals surface area contributed by atoms with E-state index in [0.717, 1.165) is 5.56 Å². The number of carbonyl (C=O) groups excluding carboxylic acids is 1. The normalized spacial score (nSPS) is 10.4. The first-order valence-corrected chi connectivity index (χ1v) is 5.78. The third-order valence-electron chi connectivity index (χ3n) is 2.68. The highest BCUT2D eigenvalue weighted by Crippen LogP contribution is 2.17. The molecule has 2 heterocycles. The highest BCUT2D eigenvalue weighted by molar-refractivity contribution is 6.04. The zero-order valence-corrected chi connectivity index (χ0v) is 10.5. The Morgan fingerprint density at radius 2 is 2.25 bits per heavy atom. The average Bonchev–Trinajstić information content (AvgIpc) is 3.10. The zero-order valence-electron chi connectivity index (χ0n) is 10.5. The summed E-state index contributed by atoms with van der Waals surface area (Å²) < 4.78 is 6.19. The van der Waals surface area contributed by atoms with Crippen LogP contribution in [0.15, 0.2) is 41.1 Å². The molecule has 0 bridgehead atoms. The van der Waals surface area contributed by atoms with Gasteiger partial charge in [-0.05, 0) is 22.6 Å². The number of aryl methyl sites for hydroxylation is 1. The van der Waals surface area contributed by atoms with Gasteiger partial charge in [0.2, 0.25) is 0 Å². The van der Waals surface area contributed by atoms with Crippen molar-refractivity contribution < 1.29 is 9.32 Å². The molecule has 1 amide bonds. The van der Waals surface area contributed by atoms with Crippen molar-refractivity contribution in [3.05, 3.63) is 42.2 Å². The number of aromatic nitrogens is 5. The van der Waals surface area contributed by atoms with Crippen LogP contribution in [0, 0.1) is 0 Å². The molecular formula is C12H10N6O2. The van der Waals surface area contributed by atoms with Gasteiger partial charge in [-0.25, -0.2) is 4.68 Å². The van der Waals surface area contributed by atoms with Crippen LogP contribution in [0.3, 0.4) is 0 Å². The van der Waals surface area contributed by atoms with Crippen LogP contribution in [-0.2, 0) is 7.05 Å². The van der Waals surface area contributed by atoms with Crippen LogP contribution in [0.4, 0.5) is 5.82 Å². The monoisotopic (exact) mass is 270 g/mol. The first-order chi connectivity index (χ1) is 9.74. The van der Waals surface area contributed by atoms with Crippen molar-refractivity contribution in [1.29, 1.82) is 0 Å². The van der Waals surface area contributed by atoms with Gasteiger partial charge in [-0.15, -0.1) is 5.10 Å². The molecule has 0 saturated carbocycles. The van der Waals surface area contributed by atoms with E-state index in [0.29, 0.717) is 17.2 Å². The van der Waals surface area contributed by atoms with Crippen molar-refractivity contribution in [2.24, 2.45) is 7.05 Å². The predicted molar refractivity (Wildman–Crippen MR) is 68.7 cm³/mol. The molecule has 20 heavy (non-hydrogen) atoms. The van der Waals surface area contributed by atoms with Crippen molar-refractivity contribution >= 4 is 11.7 Å². The summed E-state index contributed by atoms with van der Waals surface area (Å²) in [7, 11) is 1.73. The van der Waals surface area contributed by atoms with Gasteiger partial charge in [0.05, 0.1) is 0 Å². The molecule has 0 atom stereocenters. The molecule has 3 aromatic rings. The molecule has 3 rings (SSSR count). The van der Waals surface area contributed by atoms with Crippen LogP contribution in [0.25, 0.3) is 11.4 Å². The second-order valence-electron chi connectivity index (χ2n) is 4.05. The lowest BCUT2D eigenvalue weighted by Crippen LogP contribution is -2.12. The highest BCUT2D eigenvalue weighted by Gasteiger charge is 2.11. The summed E-state index contributed by atoms with van der Waals surface area (Å²) in [5.41, 5.74) is 1.24. The van der Waals surface area contributed by atoms with Gasteiger partial charge in [0, 0.05) is 24.2 Å². The summed E-state index contributed by atoms with van der Waals surface area (Å²) in [5, 5.41) is 17.5. The fourth-order valence-corrected chi connectivity index (χ4v) is 1.74. The van der Waals surface area contributed by atoms with E-state index >= 15 is 0 Å². The molecule has 0 radical (unpaired) electrons. The number of amides is 1. The minimum absolute atomic E-state index is 0.282. The van der Waals surface area contributed by atoms with E-state index in [1.807, 2.05) is 6.07 Å². The third kappa shape index (κ3) is 2.26. The standard InChI is InChI=1S/C12H10N6O2/c1-18-11(14-16-17-18)8-3-2-4-9(7-8)12(19)13-10-5-6-20-15-10/h2-7H,1H3,(H,13,15,19). The maximum absolute atomic E-state index is 12.1. The van der Waals surface area contributed by atoms with E-state index in [2.05, 4.69) is 30.5 Å². The highest BCUT2D eigenvalue weighted by atomic mass is 16.5. The predicted octanol–water partition coefficient (Wildman–Crippen LogP) is 1.12. The molecule has 1 aromatic carbocycles. The Kier molecular flexibility index (Phi) is 2.96. The van der Waals surface area contributed by atoms with Gasteiger partial charge in [0.1, 0.15) is 6.26 Å². The fourth-order valence-electron chi connectivity index (χ4n) is 1.74. The maximum atomic E-state index is 12.1. The van der Waals surface area contributed by atoms with Crippen LogP contribution >= 0.6 is 0 Å². The van der Waals surface area contributed by atoms with Gasteiger partial charge in [0.15, 0.2) is 11.6 Å². The topological polar surface area (TPSA) is 98.7 Å². The number of rotatable bonds is 3. The molecule has 0 aliphatic heterocycles. The van der Waals surface area contributed by atoms with Crippen LogP contribution in [0.1, 0.15) is 10.4 Å². The van der Waals surface area contributed by atoms with E-state index < -0.39 is 0 Å². The fraction of sp³-hybridized carbons (Fsp3) is 0.0833. The Hall–Kier alpha value is -3.03. The Balaban J connectivity index is 1.88. The van der Waals surface area contributed by atoms with Gasteiger partial charge in [-0.2, -0.15) is 0 Å². The molecule has 8 nitrogen and oxygen atoms in total. The quantitative estimate of drug-likeness (QED) is 0.765. The maximum Gasteiger partial charge on any atom is 0.256 e. The average molecular weight is 270 g/mol. The second kappa shape index (κ2) is 4.92. The molecular weight excluding hydrogens is 260 g/mol. The van der Waals surface area contributed by atoms with Gasteiger partial charge >= 0.3 is 0 Å². The number of anilines is 1. The van der Waals surface area contributed by atoms with E-state index in [9.17, 15) is 4.79 Å². The van der Waals surface area contributed by atoms with Gasteiger partial charge in [-0.1, -0.05) is 17.3 Å².